The summed E-state index contributed by atoms with van der Waals surface area (Å²) in [5, 5.41) is 9.01. The standard InChI is InChI=1S/C20H28N2O2/c1-2-16-19(23-13-15-3-4-15)8-6-17-18(22-24-20(16)17)7-5-14-9-11-21-12-10-14/h6,8,14-15,21H,2-5,7,9-13H2,1H3. The number of nitrogens with zero attached hydrogens (tertiary/aromatic N) is 1. The van der Waals surface area contributed by atoms with Crippen LogP contribution in [-0.4, -0.2) is 24.9 Å². The largest absolute Gasteiger partial charge is 0.493 e. The highest BCUT2D eigenvalue weighted by Gasteiger charge is 2.23. The lowest BCUT2D eigenvalue weighted by molar-refractivity contribution is 0.296. The van der Waals surface area contributed by atoms with Crippen molar-refractivity contribution in [2.24, 2.45) is 11.8 Å². The topological polar surface area (TPSA) is 47.3 Å². The molecule has 1 saturated carbocycles. The Kier molecular flexibility index (Phi) is 4.74. The van der Waals surface area contributed by atoms with E-state index in [0.717, 1.165) is 61.4 Å². The number of nitrogens with one attached hydrogen (secondary N) is 1. The van der Waals surface area contributed by atoms with Crippen LogP contribution in [0.3, 0.4) is 0 Å². The third kappa shape index (κ3) is 3.44. The maximum Gasteiger partial charge on any atom is 0.174 e. The van der Waals surface area contributed by atoms with Gasteiger partial charge in [-0.15, -0.1) is 0 Å². The van der Waals surface area contributed by atoms with Crippen LogP contribution in [0.2, 0.25) is 0 Å². The molecule has 4 rings (SSSR count). The number of fused-ring (bicyclic) bond motifs is 1. The van der Waals surface area contributed by atoms with Gasteiger partial charge in [0.25, 0.3) is 0 Å². The molecule has 1 aromatic heterocycles. The maximum absolute atomic E-state index is 6.03. The lowest BCUT2D eigenvalue weighted by atomic mass is 9.92. The van der Waals surface area contributed by atoms with Gasteiger partial charge in [-0.3, -0.25) is 0 Å². The third-order valence-corrected chi connectivity index (χ3v) is 5.55. The summed E-state index contributed by atoms with van der Waals surface area (Å²) in [4.78, 5) is 0. The SMILES string of the molecule is CCc1c(OCC2CC2)ccc2c(CCC3CCNCC3)noc12. The van der Waals surface area contributed by atoms with Crippen LogP contribution in [0.5, 0.6) is 5.75 Å². The van der Waals surface area contributed by atoms with Gasteiger partial charge in [0.05, 0.1) is 12.3 Å². The van der Waals surface area contributed by atoms with Gasteiger partial charge in [0, 0.05) is 10.9 Å². The van der Waals surface area contributed by atoms with E-state index in [1.54, 1.807) is 0 Å². The molecule has 4 heteroatoms. The Balaban J connectivity index is 1.49. The molecule has 2 aliphatic rings. The van der Waals surface area contributed by atoms with Crippen molar-refractivity contribution in [3.63, 3.8) is 0 Å². The number of benzene rings is 1. The van der Waals surface area contributed by atoms with Crippen LogP contribution in [0, 0.1) is 11.8 Å². The van der Waals surface area contributed by atoms with E-state index in [1.807, 2.05) is 0 Å². The zero-order valence-electron chi connectivity index (χ0n) is 14.6. The first-order chi connectivity index (χ1) is 11.8. The number of ether oxygens (including phenoxy) is 1. The average Bonchev–Trinajstić information content (AvgIpc) is 3.37. The van der Waals surface area contributed by atoms with Gasteiger partial charge in [0.2, 0.25) is 0 Å². The van der Waals surface area contributed by atoms with Crippen molar-refractivity contribution in [1.82, 2.24) is 10.5 Å². The van der Waals surface area contributed by atoms with Crippen LogP contribution in [0.15, 0.2) is 16.7 Å². The summed E-state index contributed by atoms with van der Waals surface area (Å²) >= 11 is 0. The minimum absolute atomic E-state index is 0.765. The summed E-state index contributed by atoms with van der Waals surface area (Å²) in [7, 11) is 0. The second kappa shape index (κ2) is 7.14. The minimum Gasteiger partial charge on any atom is -0.493 e. The van der Waals surface area contributed by atoms with Crippen LogP contribution in [0.4, 0.5) is 0 Å². The van der Waals surface area contributed by atoms with Crippen molar-refractivity contribution in [2.75, 3.05) is 19.7 Å². The number of piperidine rings is 1. The smallest absolute Gasteiger partial charge is 0.174 e. The molecule has 2 fully saturated rings. The van der Waals surface area contributed by atoms with Crippen molar-refractivity contribution >= 4 is 11.0 Å². The van der Waals surface area contributed by atoms with E-state index in [0.29, 0.717) is 0 Å². The summed E-state index contributed by atoms with van der Waals surface area (Å²) in [6.45, 7) is 5.32. The van der Waals surface area contributed by atoms with Gasteiger partial charge in [-0.2, -0.15) is 0 Å². The first-order valence-electron chi connectivity index (χ1n) is 9.58. The normalized spacial score (nSPS) is 19.0. The lowest BCUT2D eigenvalue weighted by Gasteiger charge is -2.21. The van der Waals surface area contributed by atoms with Crippen molar-refractivity contribution in [3.05, 3.63) is 23.4 Å². The number of rotatable bonds is 7. The van der Waals surface area contributed by atoms with Gasteiger partial charge >= 0.3 is 0 Å². The van der Waals surface area contributed by atoms with Crippen molar-refractivity contribution in [3.8, 4) is 5.75 Å². The Morgan fingerprint density at radius 2 is 2.00 bits per heavy atom. The van der Waals surface area contributed by atoms with E-state index in [1.165, 1.54) is 43.1 Å². The van der Waals surface area contributed by atoms with Gasteiger partial charge < -0.3 is 14.6 Å². The van der Waals surface area contributed by atoms with Crippen LogP contribution >= 0.6 is 0 Å². The Bertz CT molecular complexity index is 684. The molecule has 4 nitrogen and oxygen atoms in total. The average molecular weight is 328 g/mol. The molecule has 1 aliphatic heterocycles. The van der Waals surface area contributed by atoms with E-state index >= 15 is 0 Å². The molecule has 1 saturated heterocycles. The highest BCUT2D eigenvalue weighted by atomic mass is 16.5. The predicted octanol–water partition coefficient (Wildman–Crippen LogP) is 4.11. The molecular weight excluding hydrogens is 300 g/mol. The quantitative estimate of drug-likeness (QED) is 0.831. The summed E-state index contributed by atoms with van der Waals surface area (Å²) in [5.74, 6) is 2.57. The fourth-order valence-electron chi connectivity index (χ4n) is 3.74. The zero-order valence-corrected chi connectivity index (χ0v) is 14.6. The highest BCUT2D eigenvalue weighted by molar-refractivity contribution is 5.84. The minimum atomic E-state index is 0.765. The molecule has 130 valence electrons. The molecule has 2 heterocycles. The van der Waals surface area contributed by atoms with Gasteiger partial charge in [0.1, 0.15) is 5.75 Å². The van der Waals surface area contributed by atoms with Crippen molar-refractivity contribution in [1.29, 1.82) is 0 Å². The van der Waals surface area contributed by atoms with Crippen molar-refractivity contribution < 1.29 is 9.26 Å². The van der Waals surface area contributed by atoms with E-state index in [9.17, 15) is 0 Å². The summed E-state index contributed by atoms with van der Waals surface area (Å²) in [6.07, 6.45) is 8.35. The molecule has 0 unspecified atom stereocenters. The molecule has 0 atom stereocenters. The number of aryl methyl sites for hydroxylation is 2. The van der Waals surface area contributed by atoms with Crippen LogP contribution in [0.25, 0.3) is 11.0 Å². The molecule has 1 N–H and O–H groups in total. The Morgan fingerprint density at radius 3 is 2.75 bits per heavy atom. The van der Waals surface area contributed by atoms with Gasteiger partial charge in [0.15, 0.2) is 5.58 Å². The fraction of sp³-hybridized carbons (Fsp3) is 0.650. The zero-order chi connectivity index (χ0) is 16.4. The molecule has 0 amide bonds. The first kappa shape index (κ1) is 15.9. The van der Waals surface area contributed by atoms with Gasteiger partial charge in [-0.05, 0) is 82.0 Å². The van der Waals surface area contributed by atoms with Crippen LogP contribution in [-0.2, 0) is 12.8 Å². The Hall–Kier alpha value is -1.55. The summed E-state index contributed by atoms with van der Waals surface area (Å²) in [6, 6.07) is 4.26. The molecule has 1 aliphatic carbocycles. The summed E-state index contributed by atoms with van der Waals surface area (Å²) in [5.41, 5.74) is 3.23. The van der Waals surface area contributed by atoms with E-state index in [-0.39, 0.29) is 0 Å². The summed E-state index contributed by atoms with van der Waals surface area (Å²) < 4.78 is 11.8. The molecule has 1 aromatic carbocycles. The van der Waals surface area contributed by atoms with Crippen LogP contribution < -0.4 is 10.1 Å². The molecular formula is C20H28N2O2. The third-order valence-electron chi connectivity index (χ3n) is 5.55. The maximum atomic E-state index is 6.03. The predicted molar refractivity (Wildman–Crippen MR) is 95.5 cm³/mol. The monoisotopic (exact) mass is 328 g/mol. The number of hydrogen-bond acceptors (Lipinski definition) is 4. The Labute approximate surface area is 143 Å². The van der Waals surface area contributed by atoms with E-state index in [4.69, 9.17) is 9.26 Å². The molecule has 0 radical (unpaired) electrons. The fourth-order valence-corrected chi connectivity index (χ4v) is 3.74. The highest BCUT2D eigenvalue weighted by Crippen LogP contribution is 2.34. The number of hydrogen-bond donors (Lipinski definition) is 1. The van der Waals surface area contributed by atoms with E-state index in [2.05, 4.69) is 29.5 Å². The van der Waals surface area contributed by atoms with Gasteiger partial charge in [-0.25, -0.2) is 0 Å². The Morgan fingerprint density at radius 1 is 1.17 bits per heavy atom. The first-order valence-corrected chi connectivity index (χ1v) is 9.58. The lowest BCUT2D eigenvalue weighted by Crippen LogP contribution is -2.27. The second-order valence-corrected chi connectivity index (χ2v) is 7.39. The molecule has 24 heavy (non-hydrogen) atoms. The molecule has 0 bridgehead atoms. The molecule has 0 spiro atoms. The van der Waals surface area contributed by atoms with Crippen molar-refractivity contribution in [2.45, 2.75) is 51.9 Å². The van der Waals surface area contributed by atoms with E-state index < -0.39 is 0 Å². The van der Waals surface area contributed by atoms with Crippen LogP contribution in [0.1, 0.15) is 50.3 Å². The number of aromatic nitrogens is 1. The van der Waals surface area contributed by atoms with Gasteiger partial charge in [-0.1, -0.05) is 12.1 Å². The molecule has 2 aromatic rings. The second-order valence-electron chi connectivity index (χ2n) is 7.39.